The van der Waals surface area contributed by atoms with Crippen LogP contribution in [-0.2, 0) is 4.79 Å². The molecule has 0 N–H and O–H groups in total. The van der Waals surface area contributed by atoms with Crippen molar-refractivity contribution in [2.45, 2.75) is 29.4 Å². The predicted molar refractivity (Wildman–Crippen MR) is 120 cm³/mol. The molecular formula is C21H23BrClNO3S. The van der Waals surface area contributed by atoms with Crippen LogP contribution in [0.2, 0.25) is 5.02 Å². The van der Waals surface area contributed by atoms with Gasteiger partial charge < -0.3 is 14.4 Å². The van der Waals surface area contributed by atoms with Gasteiger partial charge in [-0.25, -0.2) is 0 Å². The molecule has 0 spiro atoms. The fourth-order valence-corrected chi connectivity index (χ4v) is 5.05. The molecule has 0 saturated carbocycles. The summed E-state index contributed by atoms with van der Waals surface area (Å²) >= 11 is 11.1. The van der Waals surface area contributed by atoms with Gasteiger partial charge in [-0.05, 0) is 55.7 Å². The first-order valence-electron chi connectivity index (χ1n) is 9.15. The second kappa shape index (κ2) is 9.90. The van der Waals surface area contributed by atoms with Crippen LogP contribution >= 0.6 is 39.3 Å². The summed E-state index contributed by atoms with van der Waals surface area (Å²) in [6.45, 7) is 0.621. The van der Waals surface area contributed by atoms with Crippen molar-refractivity contribution in [3.8, 4) is 11.5 Å². The molecule has 2 aromatic rings. The Labute approximate surface area is 183 Å². The van der Waals surface area contributed by atoms with Crippen LogP contribution < -0.4 is 14.4 Å². The molecule has 3 rings (SSSR count). The number of carbonyl (C=O) groups is 1. The molecule has 2 aromatic carbocycles. The third-order valence-electron chi connectivity index (χ3n) is 4.62. The van der Waals surface area contributed by atoms with Gasteiger partial charge in [0.15, 0.2) is 0 Å². The molecule has 1 unspecified atom stereocenters. The zero-order valence-corrected chi connectivity index (χ0v) is 19.1. The normalized spacial score (nSPS) is 16.1. The Hall–Kier alpha value is -1.37. The highest BCUT2D eigenvalue weighted by Gasteiger charge is 2.34. The summed E-state index contributed by atoms with van der Waals surface area (Å²) in [6, 6.07) is 11.2. The lowest BCUT2D eigenvalue weighted by Crippen LogP contribution is -2.33. The zero-order valence-electron chi connectivity index (χ0n) is 15.9. The lowest BCUT2D eigenvalue weighted by molar-refractivity contribution is -0.118. The maximum atomic E-state index is 13.1. The molecule has 1 aliphatic heterocycles. The zero-order chi connectivity index (χ0) is 20.1. The maximum Gasteiger partial charge on any atom is 0.244 e. The summed E-state index contributed by atoms with van der Waals surface area (Å²) in [5.74, 6) is 1.44. The van der Waals surface area contributed by atoms with Crippen LogP contribution in [0.25, 0.3) is 0 Å². The van der Waals surface area contributed by atoms with E-state index in [-0.39, 0.29) is 5.91 Å². The van der Waals surface area contributed by atoms with Crippen LogP contribution in [0.5, 0.6) is 11.5 Å². The third kappa shape index (κ3) is 4.78. The lowest BCUT2D eigenvalue weighted by Gasteiger charge is -2.32. The van der Waals surface area contributed by atoms with Crippen molar-refractivity contribution in [3.05, 3.63) is 47.0 Å². The molecule has 0 fully saturated rings. The molecule has 0 aromatic heterocycles. The second-order valence-electron chi connectivity index (χ2n) is 6.51. The highest BCUT2D eigenvalue weighted by Crippen LogP contribution is 2.49. The number of hydrogen-bond donors (Lipinski definition) is 0. The molecular weight excluding hydrogens is 462 g/mol. The Balaban J connectivity index is 1.89. The van der Waals surface area contributed by atoms with Crippen molar-refractivity contribution >= 4 is 50.9 Å². The number of ether oxygens (including phenoxy) is 2. The maximum absolute atomic E-state index is 13.1. The van der Waals surface area contributed by atoms with Crippen LogP contribution in [-0.4, -0.2) is 32.0 Å². The molecule has 150 valence electrons. The first-order chi connectivity index (χ1) is 13.5. The number of nitrogens with zero attached hydrogens (tertiary/aromatic N) is 1. The average Bonchev–Trinajstić information content (AvgIpc) is 2.70. The fraction of sp³-hybridized carbons (Fsp3) is 0.381. The summed E-state index contributed by atoms with van der Waals surface area (Å²) in [5, 5.41) is 1.24. The van der Waals surface area contributed by atoms with Crippen LogP contribution in [0.4, 0.5) is 5.69 Å². The summed E-state index contributed by atoms with van der Waals surface area (Å²) in [5.41, 5.74) is 1.70. The molecule has 0 radical (unpaired) electrons. The van der Waals surface area contributed by atoms with Gasteiger partial charge in [-0.3, -0.25) is 4.79 Å². The molecule has 7 heteroatoms. The van der Waals surface area contributed by atoms with Gasteiger partial charge in [-0.1, -0.05) is 27.5 Å². The van der Waals surface area contributed by atoms with E-state index in [0.717, 1.165) is 46.5 Å². The number of thioether (sulfide) groups is 1. The number of anilines is 1. The van der Waals surface area contributed by atoms with Gasteiger partial charge in [-0.15, -0.1) is 11.8 Å². The Bertz CT molecular complexity index is 848. The predicted octanol–water partition coefficient (Wildman–Crippen LogP) is 6.10. The molecule has 0 aliphatic carbocycles. The van der Waals surface area contributed by atoms with Crippen molar-refractivity contribution in [1.29, 1.82) is 0 Å². The Morgan fingerprint density at radius 2 is 2.00 bits per heavy atom. The lowest BCUT2D eigenvalue weighted by atomic mass is 10.1. The number of hydrogen-bond acceptors (Lipinski definition) is 4. The Morgan fingerprint density at radius 3 is 2.75 bits per heavy atom. The number of halogens is 2. The summed E-state index contributed by atoms with van der Waals surface area (Å²) < 4.78 is 11.4. The molecule has 1 atom stereocenters. The molecule has 28 heavy (non-hydrogen) atoms. The molecule has 4 nitrogen and oxygen atoms in total. The van der Waals surface area contributed by atoms with Gasteiger partial charge in [-0.2, -0.15) is 0 Å². The van der Waals surface area contributed by atoms with E-state index in [4.69, 9.17) is 21.1 Å². The van der Waals surface area contributed by atoms with Gasteiger partial charge in [0.2, 0.25) is 5.91 Å². The number of unbranched alkanes of at least 4 members (excludes halogenated alkanes) is 2. The average molecular weight is 485 g/mol. The first kappa shape index (κ1) is 21.3. The van der Waals surface area contributed by atoms with Gasteiger partial charge >= 0.3 is 0 Å². The second-order valence-corrected chi connectivity index (χ2v) is 8.89. The molecule has 0 bridgehead atoms. The number of amides is 1. The third-order valence-corrected chi connectivity index (χ3v) is 6.69. The molecule has 1 heterocycles. The molecule has 1 aliphatic rings. The van der Waals surface area contributed by atoms with Gasteiger partial charge in [0.25, 0.3) is 0 Å². The van der Waals surface area contributed by atoms with Crippen molar-refractivity contribution in [1.82, 2.24) is 0 Å². The number of carbonyl (C=O) groups excluding carboxylic acids is 1. The number of fused-ring (bicyclic) bond motifs is 1. The summed E-state index contributed by atoms with van der Waals surface area (Å²) in [6.07, 6.45) is 3.20. The standard InChI is InChI=1S/C21H23BrClNO3S/c1-24-17-8-6-14(23)12-19(17)28-20(21(24)25)16-13-15(26-2)7-9-18(16)27-11-5-3-4-10-22/h6-9,12-13,20H,3-5,10-11H2,1-2H3. The minimum atomic E-state index is -0.413. The number of benzene rings is 2. The highest BCUT2D eigenvalue weighted by molar-refractivity contribution is 9.09. The summed E-state index contributed by atoms with van der Waals surface area (Å²) in [7, 11) is 3.42. The minimum absolute atomic E-state index is 0.0113. The van der Waals surface area contributed by atoms with Crippen molar-refractivity contribution < 1.29 is 14.3 Å². The van der Waals surface area contributed by atoms with E-state index in [0.29, 0.717) is 17.4 Å². The number of alkyl halides is 1. The van der Waals surface area contributed by atoms with E-state index >= 15 is 0 Å². The van der Waals surface area contributed by atoms with Gasteiger partial charge in [0.1, 0.15) is 16.7 Å². The number of methoxy groups -OCH3 is 1. The van der Waals surface area contributed by atoms with Crippen molar-refractivity contribution in [2.75, 3.05) is 31.0 Å². The number of rotatable bonds is 8. The highest BCUT2D eigenvalue weighted by atomic mass is 79.9. The largest absolute Gasteiger partial charge is 0.497 e. The topological polar surface area (TPSA) is 38.8 Å². The van der Waals surface area contributed by atoms with Crippen LogP contribution in [0.3, 0.4) is 0 Å². The van der Waals surface area contributed by atoms with E-state index in [1.165, 1.54) is 11.8 Å². The van der Waals surface area contributed by atoms with Crippen LogP contribution in [0.1, 0.15) is 30.1 Å². The Morgan fingerprint density at radius 1 is 1.18 bits per heavy atom. The summed E-state index contributed by atoms with van der Waals surface area (Å²) in [4.78, 5) is 15.8. The van der Waals surface area contributed by atoms with Crippen molar-refractivity contribution in [3.63, 3.8) is 0 Å². The van der Waals surface area contributed by atoms with E-state index < -0.39 is 5.25 Å². The smallest absolute Gasteiger partial charge is 0.244 e. The van der Waals surface area contributed by atoms with Crippen LogP contribution in [0.15, 0.2) is 41.3 Å². The molecule has 1 amide bonds. The van der Waals surface area contributed by atoms with E-state index in [1.807, 2.05) is 30.3 Å². The fourth-order valence-electron chi connectivity index (χ4n) is 3.07. The van der Waals surface area contributed by atoms with E-state index in [9.17, 15) is 4.79 Å². The van der Waals surface area contributed by atoms with Crippen LogP contribution in [0, 0.1) is 0 Å². The number of likely N-dealkylation sites (N-methyl/N-ethyl adjacent to an activating group) is 1. The monoisotopic (exact) mass is 483 g/mol. The van der Waals surface area contributed by atoms with Gasteiger partial charge in [0.05, 0.1) is 19.4 Å². The van der Waals surface area contributed by atoms with E-state index in [2.05, 4.69) is 15.9 Å². The van der Waals surface area contributed by atoms with E-state index in [1.54, 1.807) is 25.1 Å². The SMILES string of the molecule is COc1ccc(OCCCCCBr)c(C2Sc3cc(Cl)ccc3N(C)C2=O)c1. The quantitative estimate of drug-likeness (QED) is 0.335. The van der Waals surface area contributed by atoms with Crippen molar-refractivity contribution in [2.24, 2.45) is 0 Å². The van der Waals surface area contributed by atoms with Gasteiger partial charge in [0, 0.05) is 27.9 Å². The first-order valence-corrected chi connectivity index (χ1v) is 11.5. The minimum Gasteiger partial charge on any atom is -0.497 e. The molecule has 0 saturated heterocycles. The Kier molecular flexibility index (Phi) is 7.55.